The number of hydrogen-bond donors (Lipinski definition) is 2. The summed E-state index contributed by atoms with van der Waals surface area (Å²) in [5, 5.41) is 0. The van der Waals surface area contributed by atoms with Crippen molar-refractivity contribution in [1.82, 2.24) is 24.8 Å². The van der Waals surface area contributed by atoms with Crippen molar-refractivity contribution >= 4 is 45.6 Å². The molecule has 8 bridgehead atoms. The Bertz CT molecular complexity index is 3260. The lowest BCUT2D eigenvalue weighted by atomic mass is 9.84. The fourth-order valence-electron chi connectivity index (χ4n) is 10.2. The molecule has 3 aliphatic rings. The number of nitrogens with one attached hydrogen (secondary N) is 2. The molecule has 2 aromatic carbocycles. The Kier molecular flexibility index (Phi) is 13.7. The molecule has 22 heteroatoms. The van der Waals surface area contributed by atoms with Gasteiger partial charge in [0.2, 0.25) is 0 Å². The van der Waals surface area contributed by atoms with Crippen molar-refractivity contribution in [2.24, 2.45) is 4.99 Å². The number of nitrogens with zero attached hydrogens (tertiary/aromatic N) is 4. The zero-order valence-corrected chi connectivity index (χ0v) is 40.5. The molecule has 392 valence electrons. The number of H-pyrrole nitrogens is 2. The summed E-state index contributed by atoms with van der Waals surface area (Å²) in [7, 11) is 1.17. The van der Waals surface area contributed by atoms with E-state index < -0.39 is 95.2 Å². The van der Waals surface area contributed by atoms with Gasteiger partial charge in [0, 0.05) is 75.0 Å². The van der Waals surface area contributed by atoms with E-state index in [1.807, 2.05) is 13.8 Å². The molecular formula is C52H46F12N6O4. The Morgan fingerprint density at radius 3 is 1.68 bits per heavy atom. The average Bonchev–Trinajstić information content (AvgIpc) is 4.00. The summed E-state index contributed by atoms with van der Waals surface area (Å²) in [6.45, 7) is 8.80. The number of esters is 1. The normalized spacial score (nSPS) is 18.6. The van der Waals surface area contributed by atoms with Crippen LogP contribution in [0, 0.1) is 13.8 Å². The maximum Gasteiger partial charge on any atom is 0.416 e. The Morgan fingerprint density at radius 1 is 0.649 bits per heavy atom. The van der Waals surface area contributed by atoms with Gasteiger partial charge in [0.05, 0.1) is 64.8 Å². The van der Waals surface area contributed by atoms with E-state index >= 15 is 4.79 Å². The highest BCUT2D eigenvalue weighted by molar-refractivity contribution is 6.23. The molecule has 0 fully saturated rings. The first-order chi connectivity index (χ1) is 34.4. The molecule has 3 unspecified atom stereocenters. The van der Waals surface area contributed by atoms with E-state index in [0.29, 0.717) is 80.3 Å². The molecule has 6 heterocycles. The molecule has 5 aromatic rings. The van der Waals surface area contributed by atoms with Crippen LogP contribution in [0.1, 0.15) is 164 Å². The van der Waals surface area contributed by atoms with Gasteiger partial charge >= 0.3 is 30.7 Å². The summed E-state index contributed by atoms with van der Waals surface area (Å²) in [5.74, 6) is -4.73. The number of alkyl halides is 12. The van der Waals surface area contributed by atoms with Crippen LogP contribution in [0.2, 0.25) is 0 Å². The molecule has 3 aromatic heterocycles. The van der Waals surface area contributed by atoms with E-state index in [1.165, 1.54) is 7.11 Å². The van der Waals surface area contributed by atoms with Crippen LogP contribution >= 0.6 is 0 Å². The number of rotatable bonds is 9. The number of ether oxygens (including phenoxy) is 1. The van der Waals surface area contributed by atoms with Crippen molar-refractivity contribution < 1.29 is 71.8 Å². The number of aromatic nitrogens is 4. The van der Waals surface area contributed by atoms with Crippen LogP contribution in [-0.4, -0.2) is 55.4 Å². The second kappa shape index (κ2) is 19.0. The van der Waals surface area contributed by atoms with E-state index in [9.17, 15) is 62.3 Å². The zero-order chi connectivity index (χ0) is 54.3. The number of halogens is 12. The van der Waals surface area contributed by atoms with Crippen molar-refractivity contribution in [3.8, 4) is 0 Å². The summed E-state index contributed by atoms with van der Waals surface area (Å²) >= 11 is 0. The Hall–Kier alpha value is -7.00. The van der Waals surface area contributed by atoms with Gasteiger partial charge in [-0.15, -0.1) is 0 Å². The highest BCUT2D eigenvalue weighted by atomic mass is 19.4. The van der Waals surface area contributed by atoms with E-state index in [2.05, 4.69) is 15.0 Å². The number of amides is 2. The molecule has 2 amide bonds. The maximum atomic E-state index is 15.1. The number of aliphatic imine (C=N–C) groups is 1. The summed E-state index contributed by atoms with van der Waals surface area (Å²) in [6.07, 6.45) is -20.3. The summed E-state index contributed by atoms with van der Waals surface area (Å²) in [4.78, 5) is 64.1. The number of aryl methyl sites for hydroxylation is 2. The SMILES string of the molecule is CCC1c2cc3[nH]c4c(c5nc(cc6[nH]c(cc(n2)C1C)c(/C(C)=N/Cc1cc(C(F)(F)F)cc(C(F)(F)F)c1)c6C)C(C)[C@@H]5CCC(=O)OC)C(=O)N(Cc1cc(C(F)(F)F)cc(C(F)(F)F)c1)C(=O)c4c3C. The number of methoxy groups -OCH3 is 1. The van der Waals surface area contributed by atoms with E-state index in [1.54, 1.807) is 45.9 Å². The number of aromatic amines is 2. The van der Waals surface area contributed by atoms with Gasteiger partial charge < -0.3 is 14.7 Å². The van der Waals surface area contributed by atoms with Gasteiger partial charge in [-0.3, -0.25) is 34.2 Å². The molecule has 2 N–H and O–H groups in total. The molecule has 0 aliphatic carbocycles. The first-order valence-corrected chi connectivity index (χ1v) is 23.2. The lowest BCUT2D eigenvalue weighted by Gasteiger charge is -2.27. The van der Waals surface area contributed by atoms with Crippen LogP contribution in [0.5, 0.6) is 0 Å². The van der Waals surface area contributed by atoms with Gasteiger partial charge in [-0.25, -0.2) is 0 Å². The van der Waals surface area contributed by atoms with Gasteiger partial charge in [-0.05, 0) is 110 Å². The average molecular weight is 1050 g/mol. The van der Waals surface area contributed by atoms with Crippen molar-refractivity contribution in [3.63, 3.8) is 0 Å². The largest absolute Gasteiger partial charge is 0.469 e. The monoisotopic (exact) mass is 1050 g/mol. The molecule has 3 aliphatic heterocycles. The topological polar surface area (TPSA) is 133 Å². The van der Waals surface area contributed by atoms with E-state index in [-0.39, 0.29) is 76.0 Å². The first kappa shape index (κ1) is 53.3. The lowest BCUT2D eigenvalue weighted by molar-refractivity contribution is -0.144. The molecular weight excluding hydrogens is 1000 g/mol. The molecule has 0 saturated heterocycles. The number of imide groups is 1. The minimum Gasteiger partial charge on any atom is -0.469 e. The third kappa shape index (κ3) is 10.0. The number of hydrogen-bond acceptors (Lipinski definition) is 7. The van der Waals surface area contributed by atoms with Gasteiger partial charge in [0.1, 0.15) is 0 Å². The second-order valence-electron chi connectivity index (χ2n) is 18.8. The minimum atomic E-state index is -5.24. The molecule has 10 nitrogen and oxygen atoms in total. The Morgan fingerprint density at radius 2 is 1.14 bits per heavy atom. The van der Waals surface area contributed by atoms with Crippen LogP contribution in [0.25, 0.3) is 22.1 Å². The third-order valence-corrected chi connectivity index (χ3v) is 14.1. The van der Waals surface area contributed by atoms with Crippen molar-refractivity contribution in [2.45, 2.75) is 122 Å². The highest BCUT2D eigenvalue weighted by Gasteiger charge is 2.43. The predicted molar refractivity (Wildman–Crippen MR) is 247 cm³/mol. The van der Waals surface area contributed by atoms with Gasteiger partial charge in [-0.1, -0.05) is 20.8 Å². The molecule has 0 saturated carbocycles. The third-order valence-electron chi connectivity index (χ3n) is 14.1. The fourth-order valence-corrected chi connectivity index (χ4v) is 10.2. The minimum absolute atomic E-state index is 0.00184. The molecule has 8 rings (SSSR count). The number of carbonyl (C=O) groups excluding carboxylic acids is 3. The highest BCUT2D eigenvalue weighted by Crippen LogP contribution is 2.46. The quantitative estimate of drug-likeness (QED) is 0.0654. The predicted octanol–water partition coefficient (Wildman–Crippen LogP) is 14.0. The van der Waals surface area contributed by atoms with Crippen LogP contribution in [-0.2, 0) is 47.3 Å². The van der Waals surface area contributed by atoms with Gasteiger partial charge in [-0.2, -0.15) is 52.7 Å². The van der Waals surface area contributed by atoms with Crippen molar-refractivity contribution in [2.75, 3.05) is 7.11 Å². The number of carbonyl (C=O) groups is 3. The molecule has 0 spiro atoms. The van der Waals surface area contributed by atoms with Crippen LogP contribution in [0.4, 0.5) is 52.7 Å². The first-order valence-electron chi connectivity index (χ1n) is 23.2. The maximum absolute atomic E-state index is 15.1. The van der Waals surface area contributed by atoms with Crippen LogP contribution in [0.15, 0.2) is 59.6 Å². The van der Waals surface area contributed by atoms with E-state index in [0.717, 1.165) is 0 Å². The lowest BCUT2D eigenvalue weighted by Crippen LogP contribution is -2.40. The smallest absolute Gasteiger partial charge is 0.416 e. The fraction of sp³-hybridized carbons (Fsp3) is 0.385. The van der Waals surface area contributed by atoms with Crippen LogP contribution in [0.3, 0.4) is 0 Å². The summed E-state index contributed by atoms with van der Waals surface area (Å²) in [5.41, 5.74) is -3.68. The Labute approximate surface area is 414 Å². The number of fused-ring (bicyclic) bond motifs is 8. The van der Waals surface area contributed by atoms with Gasteiger partial charge in [0.15, 0.2) is 0 Å². The summed E-state index contributed by atoms with van der Waals surface area (Å²) < 4.78 is 172. The standard InChI is InChI=1S/C52H46F12N6O4/c1-8-33-22(2)35-19-40-42(26(6)65-20-27-11-29(49(53,54)55)15-30(12-27)50(56,57)58)24(4)37(67-40)17-36-23(3)34(9-10-41(71)74-7)45(68-36)44-46-43(25(5)38(69-46)18-39(33)66-35)47(72)70(48(44)73)21-28-13-31(51(59,60)61)16-32(14-28)52(62,63)64/h11-19,22-23,33-34,67,69H,8-10,20-21H2,1-7H3/b35-19?,36-17?,37-17?,38-18?,39-18?,40-19?,45-44?,65-26+/t22?,23?,33?,34-/m0/s1. The van der Waals surface area contributed by atoms with Crippen molar-refractivity contribution in [1.29, 1.82) is 0 Å². The van der Waals surface area contributed by atoms with Crippen LogP contribution < -0.4 is 0 Å². The molecule has 0 radical (unpaired) electrons. The zero-order valence-electron chi connectivity index (χ0n) is 40.5. The van der Waals surface area contributed by atoms with E-state index in [4.69, 9.17) is 14.7 Å². The summed E-state index contributed by atoms with van der Waals surface area (Å²) in [6, 6.07) is 7.11. The number of benzene rings is 2. The van der Waals surface area contributed by atoms with Crippen molar-refractivity contribution in [3.05, 3.63) is 139 Å². The van der Waals surface area contributed by atoms with Gasteiger partial charge in [0.25, 0.3) is 11.8 Å². The molecule has 74 heavy (non-hydrogen) atoms. The molecule has 4 atom stereocenters. The second-order valence-corrected chi connectivity index (χ2v) is 18.8. The Balaban J connectivity index is 1.40.